The second-order valence-corrected chi connectivity index (χ2v) is 5.87. The Balaban J connectivity index is 2.13. The minimum absolute atomic E-state index is 0.692. The van der Waals surface area contributed by atoms with Crippen molar-refractivity contribution in [3.63, 3.8) is 0 Å². The lowest BCUT2D eigenvalue weighted by molar-refractivity contribution is 0.126. The fraction of sp³-hybridized carbons (Fsp3) is 1.00. The smallest absolute Gasteiger partial charge is 0.000810 e. The summed E-state index contributed by atoms with van der Waals surface area (Å²) < 4.78 is 0. The summed E-state index contributed by atoms with van der Waals surface area (Å²) >= 11 is 2.10. The Kier molecular flexibility index (Phi) is 5.95. The van der Waals surface area contributed by atoms with Gasteiger partial charge in [0.15, 0.2) is 0 Å². The van der Waals surface area contributed by atoms with Gasteiger partial charge in [-0.15, -0.1) is 0 Å². The predicted octanol–water partition coefficient (Wildman–Crippen LogP) is 3.30. The lowest BCUT2D eigenvalue weighted by Gasteiger charge is -2.42. The highest BCUT2D eigenvalue weighted by atomic mass is 32.2. The van der Waals surface area contributed by atoms with Crippen molar-refractivity contribution in [3.05, 3.63) is 0 Å². The number of nitrogens with one attached hydrogen (secondary N) is 1. The summed E-state index contributed by atoms with van der Waals surface area (Å²) in [7, 11) is 0. The standard InChI is InChI=1S/C12H25NS/c1-3-9-13-11-12(6-5-7-12)8-10-14-4-2/h13H,3-11H2,1-2H3. The zero-order valence-electron chi connectivity index (χ0n) is 9.77. The van der Waals surface area contributed by atoms with Crippen molar-refractivity contribution in [1.82, 2.24) is 5.32 Å². The van der Waals surface area contributed by atoms with Crippen LogP contribution in [0, 0.1) is 5.41 Å². The van der Waals surface area contributed by atoms with Crippen LogP contribution < -0.4 is 5.32 Å². The minimum atomic E-state index is 0.692. The number of thioether (sulfide) groups is 1. The van der Waals surface area contributed by atoms with Crippen LogP contribution in [0.4, 0.5) is 0 Å². The molecule has 0 aromatic rings. The molecule has 1 N–H and O–H groups in total. The molecule has 1 aliphatic rings. The van der Waals surface area contributed by atoms with E-state index in [0.29, 0.717) is 5.41 Å². The minimum Gasteiger partial charge on any atom is -0.316 e. The highest BCUT2D eigenvalue weighted by Gasteiger charge is 2.35. The molecule has 0 spiro atoms. The molecule has 1 nitrogen and oxygen atoms in total. The van der Waals surface area contributed by atoms with E-state index in [9.17, 15) is 0 Å². The zero-order valence-corrected chi connectivity index (χ0v) is 10.6. The van der Waals surface area contributed by atoms with Crippen molar-refractivity contribution in [3.8, 4) is 0 Å². The molecule has 0 radical (unpaired) electrons. The van der Waals surface area contributed by atoms with Crippen molar-refractivity contribution in [1.29, 1.82) is 0 Å². The van der Waals surface area contributed by atoms with E-state index in [1.165, 1.54) is 56.7 Å². The van der Waals surface area contributed by atoms with Crippen LogP contribution in [0.1, 0.15) is 46.0 Å². The van der Waals surface area contributed by atoms with E-state index in [-0.39, 0.29) is 0 Å². The third-order valence-electron chi connectivity index (χ3n) is 3.32. The molecule has 0 aromatic heterocycles. The summed E-state index contributed by atoms with van der Waals surface area (Å²) in [5.41, 5.74) is 0.692. The van der Waals surface area contributed by atoms with E-state index in [0.717, 1.165) is 0 Å². The molecule has 1 rings (SSSR count). The van der Waals surface area contributed by atoms with Gasteiger partial charge in [0.2, 0.25) is 0 Å². The zero-order chi connectivity index (χ0) is 10.3. The van der Waals surface area contributed by atoms with Crippen LogP contribution in [0.15, 0.2) is 0 Å². The fourth-order valence-electron chi connectivity index (χ4n) is 2.16. The van der Waals surface area contributed by atoms with Gasteiger partial charge < -0.3 is 5.32 Å². The quantitative estimate of drug-likeness (QED) is 0.624. The highest BCUT2D eigenvalue weighted by molar-refractivity contribution is 7.99. The molecule has 84 valence electrons. The van der Waals surface area contributed by atoms with Crippen molar-refractivity contribution < 1.29 is 0 Å². The van der Waals surface area contributed by atoms with Crippen LogP contribution in [0.25, 0.3) is 0 Å². The average Bonchev–Trinajstić information content (AvgIpc) is 2.13. The summed E-state index contributed by atoms with van der Waals surface area (Å²) in [4.78, 5) is 0. The van der Waals surface area contributed by atoms with E-state index in [4.69, 9.17) is 0 Å². The topological polar surface area (TPSA) is 12.0 Å². The van der Waals surface area contributed by atoms with Crippen molar-refractivity contribution in [2.45, 2.75) is 46.0 Å². The molecule has 1 fully saturated rings. The van der Waals surface area contributed by atoms with Crippen LogP contribution in [0.5, 0.6) is 0 Å². The number of rotatable bonds is 8. The molecule has 0 saturated heterocycles. The molecule has 0 aromatic carbocycles. The Morgan fingerprint density at radius 3 is 2.57 bits per heavy atom. The van der Waals surface area contributed by atoms with Crippen molar-refractivity contribution in [2.75, 3.05) is 24.6 Å². The Hall–Kier alpha value is 0.310. The average molecular weight is 215 g/mol. The van der Waals surface area contributed by atoms with Crippen molar-refractivity contribution >= 4 is 11.8 Å². The molecular weight excluding hydrogens is 190 g/mol. The molecule has 0 bridgehead atoms. The van der Waals surface area contributed by atoms with Crippen LogP contribution >= 0.6 is 11.8 Å². The largest absolute Gasteiger partial charge is 0.316 e. The summed E-state index contributed by atoms with van der Waals surface area (Å²) in [6.45, 7) is 6.97. The van der Waals surface area contributed by atoms with Gasteiger partial charge in [-0.3, -0.25) is 0 Å². The van der Waals surface area contributed by atoms with Gasteiger partial charge in [0.1, 0.15) is 0 Å². The molecule has 1 saturated carbocycles. The first-order valence-corrected chi connectivity index (χ1v) is 7.27. The van der Waals surface area contributed by atoms with Crippen molar-refractivity contribution in [2.24, 2.45) is 5.41 Å². The van der Waals surface area contributed by atoms with Gasteiger partial charge in [-0.2, -0.15) is 11.8 Å². The Bertz CT molecular complexity index is 131. The molecule has 0 unspecified atom stereocenters. The van der Waals surface area contributed by atoms with Gasteiger partial charge in [-0.25, -0.2) is 0 Å². The first-order valence-electron chi connectivity index (χ1n) is 6.11. The van der Waals surface area contributed by atoms with E-state index >= 15 is 0 Å². The molecule has 0 amide bonds. The number of hydrogen-bond acceptors (Lipinski definition) is 2. The maximum atomic E-state index is 3.60. The predicted molar refractivity (Wildman–Crippen MR) is 67.1 cm³/mol. The van der Waals surface area contributed by atoms with E-state index in [1.807, 2.05) is 0 Å². The van der Waals surface area contributed by atoms with E-state index in [2.05, 4.69) is 30.9 Å². The summed E-state index contributed by atoms with van der Waals surface area (Å²) in [5, 5.41) is 3.60. The molecular formula is C12H25NS. The van der Waals surface area contributed by atoms with Crippen LogP contribution in [0.2, 0.25) is 0 Å². The Morgan fingerprint density at radius 1 is 1.29 bits per heavy atom. The summed E-state index contributed by atoms with van der Waals surface area (Å²) in [6.07, 6.45) is 7.09. The van der Waals surface area contributed by atoms with Gasteiger partial charge in [0.05, 0.1) is 0 Å². The fourth-order valence-corrected chi connectivity index (χ4v) is 3.02. The molecule has 14 heavy (non-hydrogen) atoms. The third-order valence-corrected chi connectivity index (χ3v) is 4.22. The first kappa shape index (κ1) is 12.4. The molecule has 2 heteroatoms. The maximum Gasteiger partial charge on any atom is 0.000810 e. The van der Waals surface area contributed by atoms with E-state index in [1.54, 1.807) is 0 Å². The van der Waals surface area contributed by atoms with Gasteiger partial charge in [0.25, 0.3) is 0 Å². The summed E-state index contributed by atoms with van der Waals surface area (Å²) in [5.74, 6) is 2.64. The van der Waals surface area contributed by atoms with Gasteiger partial charge in [-0.05, 0) is 49.1 Å². The number of hydrogen-bond donors (Lipinski definition) is 1. The SMILES string of the molecule is CCCNCC1(CCSCC)CCC1. The second kappa shape index (κ2) is 6.73. The summed E-state index contributed by atoms with van der Waals surface area (Å²) in [6, 6.07) is 0. The highest BCUT2D eigenvalue weighted by Crippen LogP contribution is 2.44. The monoisotopic (exact) mass is 215 g/mol. The van der Waals surface area contributed by atoms with Gasteiger partial charge >= 0.3 is 0 Å². The lowest BCUT2D eigenvalue weighted by atomic mass is 9.67. The first-order chi connectivity index (χ1) is 6.83. The molecule has 0 aliphatic heterocycles. The van der Waals surface area contributed by atoms with Gasteiger partial charge in [-0.1, -0.05) is 20.3 Å². The maximum absolute atomic E-state index is 3.60. The normalized spacial score (nSPS) is 19.3. The molecule has 1 aliphatic carbocycles. The van der Waals surface area contributed by atoms with Crippen LogP contribution in [-0.2, 0) is 0 Å². The lowest BCUT2D eigenvalue weighted by Crippen LogP contribution is -2.40. The van der Waals surface area contributed by atoms with E-state index < -0.39 is 0 Å². The van der Waals surface area contributed by atoms with Gasteiger partial charge in [0, 0.05) is 6.54 Å². The molecule has 0 heterocycles. The Morgan fingerprint density at radius 2 is 2.07 bits per heavy atom. The van der Waals surface area contributed by atoms with Crippen LogP contribution in [0.3, 0.4) is 0 Å². The third kappa shape index (κ3) is 3.82. The second-order valence-electron chi connectivity index (χ2n) is 4.48. The van der Waals surface area contributed by atoms with Crippen LogP contribution in [-0.4, -0.2) is 24.6 Å². The Labute approximate surface area is 93.4 Å². The molecule has 0 atom stereocenters.